The summed E-state index contributed by atoms with van der Waals surface area (Å²) in [7, 11) is -3.47. The van der Waals surface area contributed by atoms with Crippen molar-refractivity contribution in [1.29, 1.82) is 0 Å². The fourth-order valence-electron chi connectivity index (χ4n) is 1.69. The van der Waals surface area contributed by atoms with E-state index in [0.29, 0.717) is 18.8 Å². The number of benzene rings is 1. The molecule has 0 aliphatic rings. The molecule has 1 heterocycles. The molecule has 0 aliphatic carbocycles. The van der Waals surface area contributed by atoms with E-state index in [2.05, 4.69) is 20.2 Å². The van der Waals surface area contributed by atoms with Crippen molar-refractivity contribution in [1.82, 2.24) is 14.9 Å². The Labute approximate surface area is 112 Å². The van der Waals surface area contributed by atoms with E-state index >= 15 is 0 Å². The van der Waals surface area contributed by atoms with Gasteiger partial charge in [0, 0.05) is 24.8 Å². The summed E-state index contributed by atoms with van der Waals surface area (Å²) < 4.78 is 26.6. The van der Waals surface area contributed by atoms with Gasteiger partial charge in [-0.25, -0.2) is 13.1 Å². The number of hydrogen-bond acceptors (Lipinski definition) is 4. The largest absolute Gasteiger partial charge is 0.380 e. The zero-order valence-electron chi connectivity index (χ0n) is 10.6. The number of hydrogen-bond donors (Lipinski definition) is 3. The van der Waals surface area contributed by atoms with Gasteiger partial charge >= 0.3 is 0 Å². The third-order valence-corrected chi connectivity index (χ3v) is 4.15. The predicted octanol–water partition coefficient (Wildman–Crippen LogP) is 1.32. The van der Waals surface area contributed by atoms with Crippen LogP contribution >= 0.6 is 0 Å². The first-order valence-electron chi connectivity index (χ1n) is 5.93. The van der Waals surface area contributed by atoms with Gasteiger partial charge in [-0.2, -0.15) is 5.10 Å². The molecule has 1 aromatic carbocycles. The van der Waals surface area contributed by atoms with E-state index in [9.17, 15) is 8.42 Å². The average Bonchev–Trinajstić information content (AvgIpc) is 2.90. The minimum Gasteiger partial charge on any atom is -0.380 e. The molecule has 0 saturated heterocycles. The van der Waals surface area contributed by atoms with Crippen LogP contribution in [0.3, 0.4) is 0 Å². The lowest BCUT2D eigenvalue weighted by Gasteiger charge is -2.11. The van der Waals surface area contributed by atoms with Crippen molar-refractivity contribution in [2.75, 3.05) is 11.9 Å². The van der Waals surface area contributed by atoms with Crippen molar-refractivity contribution in [3.8, 4) is 0 Å². The van der Waals surface area contributed by atoms with Crippen LogP contribution in [0, 0.1) is 0 Å². The third-order valence-electron chi connectivity index (χ3n) is 2.55. The van der Waals surface area contributed by atoms with E-state index in [1.807, 2.05) is 0 Å². The smallest absolute Gasteiger partial charge is 0.242 e. The summed E-state index contributed by atoms with van der Waals surface area (Å²) in [5.74, 6) is 0. The van der Waals surface area contributed by atoms with Gasteiger partial charge in [0.15, 0.2) is 0 Å². The van der Waals surface area contributed by atoms with Gasteiger partial charge in [0.25, 0.3) is 0 Å². The molecule has 7 heteroatoms. The SMILES string of the molecule is CCNS(=O)(=O)c1ccccc1NCc1cn[nH]c1. The van der Waals surface area contributed by atoms with Gasteiger partial charge in [-0.1, -0.05) is 19.1 Å². The molecule has 1 aromatic heterocycles. The van der Waals surface area contributed by atoms with E-state index in [1.165, 1.54) is 0 Å². The molecule has 0 radical (unpaired) electrons. The van der Waals surface area contributed by atoms with Crippen LogP contribution in [0.15, 0.2) is 41.6 Å². The Morgan fingerprint density at radius 3 is 2.79 bits per heavy atom. The maximum Gasteiger partial charge on any atom is 0.242 e. The fourth-order valence-corrected chi connectivity index (χ4v) is 2.91. The Balaban J connectivity index is 2.21. The second-order valence-corrected chi connectivity index (χ2v) is 5.69. The Morgan fingerprint density at radius 1 is 1.32 bits per heavy atom. The Bertz CT molecular complexity index is 623. The van der Waals surface area contributed by atoms with Crippen molar-refractivity contribution in [3.63, 3.8) is 0 Å². The molecule has 2 rings (SSSR count). The van der Waals surface area contributed by atoms with E-state index in [0.717, 1.165) is 5.56 Å². The van der Waals surface area contributed by atoms with Crippen LogP contribution in [0.4, 0.5) is 5.69 Å². The van der Waals surface area contributed by atoms with Crippen LogP contribution in [0.5, 0.6) is 0 Å². The first-order valence-corrected chi connectivity index (χ1v) is 7.42. The van der Waals surface area contributed by atoms with Crippen molar-refractivity contribution in [2.24, 2.45) is 0 Å². The molecule has 2 aromatic rings. The number of para-hydroxylation sites is 1. The number of anilines is 1. The molecule has 0 spiro atoms. The van der Waals surface area contributed by atoms with E-state index < -0.39 is 10.0 Å². The highest BCUT2D eigenvalue weighted by atomic mass is 32.2. The number of nitrogens with zero attached hydrogens (tertiary/aromatic N) is 1. The van der Waals surface area contributed by atoms with Crippen LogP contribution in [0.2, 0.25) is 0 Å². The molecular weight excluding hydrogens is 264 g/mol. The molecule has 19 heavy (non-hydrogen) atoms. The van der Waals surface area contributed by atoms with Gasteiger partial charge in [0.05, 0.1) is 11.9 Å². The zero-order valence-corrected chi connectivity index (χ0v) is 11.4. The second kappa shape index (κ2) is 5.85. The molecule has 3 N–H and O–H groups in total. The first-order chi connectivity index (χ1) is 9.13. The lowest BCUT2D eigenvalue weighted by atomic mass is 10.3. The molecule has 0 fully saturated rings. The number of aromatic nitrogens is 2. The lowest BCUT2D eigenvalue weighted by molar-refractivity contribution is 0.584. The normalized spacial score (nSPS) is 11.4. The third kappa shape index (κ3) is 3.33. The molecule has 102 valence electrons. The second-order valence-electron chi connectivity index (χ2n) is 3.96. The van der Waals surface area contributed by atoms with Gasteiger partial charge < -0.3 is 5.32 Å². The quantitative estimate of drug-likeness (QED) is 0.745. The summed E-state index contributed by atoms with van der Waals surface area (Å²) in [5, 5.41) is 9.65. The minimum atomic E-state index is -3.47. The summed E-state index contributed by atoms with van der Waals surface area (Å²) in [6.07, 6.45) is 3.45. The van der Waals surface area contributed by atoms with Gasteiger partial charge in [0.1, 0.15) is 4.90 Å². The number of aromatic amines is 1. The van der Waals surface area contributed by atoms with Crippen LogP contribution in [-0.2, 0) is 16.6 Å². The van der Waals surface area contributed by atoms with Gasteiger partial charge in [-0.3, -0.25) is 5.10 Å². The van der Waals surface area contributed by atoms with Crippen LogP contribution in [0.1, 0.15) is 12.5 Å². The summed E-state index contributed by atoms with van der Waals surface area (Å²) in [6, 6.07) is 6.82. The number of nitrogens with one attached hydrogen (secondary N) is 3. The van der Waals surface area contributed by atoms with Crippen molar-refractivity contribution < 1.29 is 8.42 Å². The molecule has 0 unspecified atom stereocenters. The number of sulfonamides is 1. The molecule has 0 bridgehead atoms. The Hall–Kier alpha value is -1.86. The molecule has 0 amide bonds. The topological polar surface area (TPSA) is 86.9 Å². The monoisotopic (exact) mass is 280 g/mol. The summed E-state index contributed by atoms with van der Waals surface area (Å²) in [5.41, 5.74) is 1.53. The van der Waals surface area contributed by atoms with Gasteiger partial charge in [-0.05, 0) is 12.1 Å². The Morgan fingerprint density at radius 2 is 2.11 bits per heavy atom. The highest BCUT2D eigenvalue weighted by Crippen LogP contribution is 2.21. The average molecular weight is 280 g/mol. The minimum absolute atomic E-state index is 0.250. The molecule has 0 aliphatic heterocycles. The molecule has 6 nitrogen and oxygen atoms in total. The zero-order chi connectivity index (χ0) is 13.7. The first kappa shape index (κ1) is 13.6. The van der Waals surface area contributed by atoms with E-state index in [1.54, 1.807) is 43.6 Å². The standard InChI is InChI=1S/C12H16N4O2S/c1-2-16-19(17,18)12-6-4-3-5-11(12)13-7-10-8-14-15-9-10/h3-6,8-9,13,16H,2,7H2,1H3,(H,14,15). The van der Waals surface area contributed by atoms with Crippen molar-refractivity contribution in [2.45, 2.75) is 18.4 Å². The number of rotatable bonds is 6. The van der Waals surface area contributed by atoms with Crippen molar-refractivity contribution in [3.05, 3.63) is 42.2 Å². The Kier molecular flexibility index (Phi) is 4.18. The van der Waals surface area contributed by atoms with Gasteiger partial charge in [-0.15, -0.1) is 0 Å². The van der Waals surface area contributed by atoms with Crippen LogP contribution < -0.4 is 10.0 Å². The van der Waals surface area contributed by atoms with E-state index in [4.69, 9.17) is 0 Å². The lowest BCUT2D eigenvalue weighted by Crippen LogP contribution is -2.24. The highest BCUT2D eigenvalue weighted by molar-refractivity contribution is 7.89. The predicted molar refractivity (Wildman–Crippen MR) is 73.2 cm³/mol. The van der Waals surface area contributed by atoms with E-state index in [-0.39, 0.29) is 4.90 Å². The van der Waals surface area contributed by atoms with Crippen molar-refractivity contribution >= 4 is 15.7 Å². The highest BCUT2D eigenvalue weighted by Gasteiger charge is 2.16. The molecular formula is C12H16N4O2S. The number of H-pyrrole nitrogens is 1. The maximum absolute atomic E-state index is 12.0. The van der Waals surface area contributed by atoms with Crippen LogP contribution in [0.25, 0.3) is 0 Å². The summed E-state index contributed by atoms with van der Waals surface area (Å²) >= 11 is 0. The summed E-state index contributed by atoms with van der Waals surface area (Å²) in [4.78, 5) is 0.250. The molecule has 0 saturated carbocycles. The fraction of sp³-hybridized carbons (Fsp3) is 0.250. The molecule has 0 atom stereocenters. The van der Waals surface area contributed by atoms with Gasteiger partial charge in [0.2, 0.25) is 10.0 Å². The summed E-state index contributed by atoms with van der Waals surface area (Å²) in [6.45, 7) is 2.62. The van der Waals surface area contributed by atoms with Crippen LogP contribution in [-0.4, -0.2) is 25.2 Å². The maximum atomic E-state index is 12.0.